The molecule has 0 saturated heterocycles. The number of azide groups is 1. The molecule has 0 aliphatic heterocycles. The van der Waals surface area contributed by atoms with Crippen LogP contribution in [0.4, 0.5) is 12.9 Å². The molecular weight excluding hydrogens is 254 g/mol. The molecule has 0 unspecified atom stereocenters. The van der Waals surface area contributed by atoms with Crippen molar-refractivity contribution in [1.82, 2.24) is 0 Å². The largest absolute Gasteiger partial charge is 0.488 e. The third-order valence-electron chi connectivity index (χ3n) is 3.42. The summed E-state index contributed by atoms with van der Waals surface area (Å²) in [5, 5.41) is 1.54. The molecule has 3 nitrogen and oxygen atoms in total. The molecule has 0 aromatic heterocycles. The van der Waals surface area contributed by atoms with Crippen molar-refractivity contribution in [1.29, 1.82) is 0 Å². The summed E-state index contributed by atoms with van der Waals surface area (Å²) in [6.45, 7) is -3.50. The summed E-state index contributed by atoms with van der Waals surface area (Å²) < 4.78 is 40.0. The van der Waals surface area contributed by atoms with Crippen LogP contribution in [0.15, 0.2) is 35.4 Å². The lowest BCUT2D eigenvalue weighted by Crippen LogP contribution is -2.44. The van der Waals surface area contributed by atoms with Gasteiger partial charge < -0.3 is 12.9 Å². The van der Waals surface area contributed by atoms with Gasteiger partial charge in [0, 0.05) is 11.5 Å². The number of rotatable bonds is 7. The Bertz CT molecular complexity index is 443. The first-order chi connectivity index (χ1) is 8.92. The summed E-state index contributed by atoms with van der Waals surface area (Å²) >= 11 is 0. The van der Waals surface area contributed by atoms with E-state index < -0.39 is 12.3 Å². The van der Waals surface area contributed by atoms with E-state index in [1.54, 1.807) is 18.2 Å². The van der Waals surface area contributed by atoms with E-state index in [1.807, 2.05) is 0 Å². The highest BCUT2D eigenvalue weighted by molar-refractivity contribution is 6.62. The molecule has 1 atom stereocenters. The Balaban J connectivity index is 2.81. The van der Waals surface area contributed by atoms with Crippen molar-refractivity contribution < 1.29 is 12.9 Å². The van der Waals surface area contributed by atoms with Crippen LogP contribution in [-0.4, -0.2) is 13.5 Å². The molecule has 1 aromatic carbocycles. The third-order valence-corrected chi connectivity index (χ3v) is 3.42. The van der Waals surface area contributed by atoms with E-state index in [4.69, 9.17) is 5.53 Å². The number of hydrogen-bond acceptors (Lipinski definition) is 1. The monoisotopic (exact) mass is 270 g/mol. The molecule has 19 heavy (non-hydrogen) atoms. The standard InChI is InChI=1S/C12H16BF3N3/c1-12(13(14,15)16,9-5-6-10-18-19-17)11-7-3-2-4-8-11/h2-4,7-8H,5-6,9-10H2,1H3/q-1/t12-/m1/s1. The molecule has 0 aliphatic rings. The lowest BCUT2D eigenvalue weighted by molar-refractivity contribution is 0.357. The van der Waals surface area contributed by atoms with Gasteiger partial charge in [-0.2, -0.15) is 0 Å². The van der Waals surface area contributed by atoms with Crippen LogP contribution in [0, 0.1) is 0 Å². The minimum Gasteiger partial charge on any atom is -0.448 e. The molecule has 0 spiro atoms. The second kappa shape index (κ2) is 6.52. The van der Waals surface area contributed by atoms with Gasteiger partial charge in [-0.15, -0.1) is 0 Å². The van der Waals surface area contributed by atoms with E-state index in [1.165, 1.54) is 19.1 Å². The molecule has 1 aromatic rings. The van der Waals surface area contributed by atoms with Gasteiger partial charge in [-0.05, 0) is 17.3 Å². The number of benzene rings is 1. The van der Waals surface area contributed by atoms with Crippen LogP contribution in [0.25, 0.3) is 10.4 Å². The molecule has 1 rings (SSSR count). The summed E-state index contributed by atoms with van der Waals surface area (Å²) in [7, 11) is 0. The van der Waals surface area contributed by atoms with Crippen LogP contribution in [0.1, 0.15) is 31.7 Å². The molecular formula is C12H16BF3N3-. The smallest absolute Gasteiger partial charge is 0.448 e. The van der Waals surface area contributed by atoms with Crippen LogP contribution in [0.5, 0.6) is 0 Å². The van der Waals surface area contributed by atoms with E-state index in [0.29, 0.717) is 18.4 Å². The molecule has 0 radical (unpaired) electrons. The van der Waals surface area contributed by atoms with Crippen molar-refractivity contribution in [3.63, 3.8) is 0 Å². The predicted octanol–water partition coefficient (Wildman–Crippen LogP) is 4.81. The Hall–Kier alpha value is -1.62. The van der Waals surface area contributed by atoms with E-state index in [9.17, 15) is 12.9 Å². The average Bonchev–Trinajstić information content (AvgIpc) is 2.38. The van der Waals surface area contributed by atoms with E-state index in [-0.39, 0.29) is 13.0 Å². The van der Waals surface area contributed by atoms with Crippen LogP contribution >= 0.6 is 0 Å². The summed E-state index contributed by atoms with van der Waals surface area (Å²) in [6, 6.07) is 7.98. The molecule has 7 heteroatoms. The van der Waals surface area contributed by atoms with Gasteiger partial charge in [0.1, 0.15) is 0 Å². The van der Waals surface area contributed by atoms with Crippen molar-refractivity contribution in [3.8, 4) is 0 Å². The number of unbranched alkanes of at least 4 members (excludes halogenated alkanes) is 1. The lowest BCUT2D eigenvalue weighted by atomic mass is 9.53. The SMILES string of the molecule is C[C@@](CCCCN=[N+]=[N-])(c1ccccc1)[B-](F)(F)F. The van der Waals surface area contributed by atoms with E-state index in [2.05, 4.69) is 10.0 Å². The summed E-state index contributed by atoms with van der Waals surface area (Å²) in [4.78, 5) is 2.58. The minimum absolute atomic E-state index is 0.0153. The quantitative estimate of drug-likeness (QED) is 0.224. The number of hydrogen-bond donors (Lipinski definition) is 0. The molecule has 0 N–H and O–H groups in total. The van der Waals surface area contributed by atoms with Gasteiger partial charge in [0.25, 0.3) is 0 Å². The second-order valence-electron chi connectivity index (χ2n) is 4.77. The summed E-state index contributed by atoms with van der Waals surface area (Å²) in [5.41, 5.74) is 8.41. The first-order valence-corrected chi connectivity index (χ1v) is 6.17. The molecule has 0 amide bonds. The maximum absolute atomic E-state index is 13.3. The Morgan fingerprint density at radius 3 is 2.37 bits per heavy atom. The van der Waals surface area contributed by atoms with Crippen LogP contribution in [0.3, 0.4) is 0 Å². The highest BCUT2D eigenvalue weighted by atomic mass is 19.4. The first kappa shape index (κ1) is 15.4. The van der Waals surface area contributed by atoms with Crippen molar-refractivity contribution in [3.05, 3.63) is 46.3 Å². The van der Waals surface area contributed by atoms with E-state index >= 15 is 0 Å². The Labute approximate surface area is 110 Å². The van der Waals surface area contributed by atoms with E-state index in [0.717, 1.165) is 0 Å². The van der Waals surface area contributed by atoms with Gasteiger partial charge in [-0.1, -0.05) is 60.8 Å². The van der Waals surface area contributed by atoms with Crippen LogP contribution < -0.4 is 0 Å². The van der Waals surface area contributed by atoms with Crippen molar-refractivity contribution in [2.24, 2.45) is 5.11 Å². The van der Waals surface area contributed by atoms with Crippen molar-refractivity contribution in [2.45, 2.75) is 31.5 Å². The zero-order valence-corrected chi connectivity index (χ0v) is 10.8. The molecule has 0 saturated carbocycles. The zero-order chi connectivity index (χ0) is 14.4. The van der Waals surface area contributed by atoms with Gasteiger partial charge in [0.05, 0.1) is 0 Å². The maximum atomic E-state index is 13.3. The summed E-state index contributed by atoms with van der Waals surface area (Å²) in [5.74, 6) is 0. The highest BCUT2D eigenvalue weighted by Gasteiger charge is 2.46. The fourth-order valence-corrected chi connectivity index (χ4v) is 2.04. The fourth-order valence-electron chi connectivity index (χ4n) is 2.04. The Morgan fingerprint density at radius 2 is 1.84 bits per heavy atom. The summed E-state index contributed by atoms with van der Waals surface area (Å²) in [6.07, 6.45) is 0.867. The highest BCUT2D eigenvalue weighted by Crippen LogP contribution is 2.40. The normalized spacial score (nSPS) is 14.5. The number of nitrogens with zero attached hydrogens (tertiary/aromatic N) is 3. The topological polar surface area (TPSA) is 48.8 Å². The second-order valence-corrected chi connectivity index (χ2v) is 4.77. The Morgan fingerprint density at radius 1 is 1.21 bits per heavy atom. The predicted molar refractivity (Wildman–Crippen MR) is 70.7 cm³/mol. The Kier molecular flexibility index (Phi) is 5.30. The van der Waals surface area contributed by atoms with Crippen LogP contribution in [-0.2, 0) is 5.31 Å². The third kappa shape index (κ3) is 3.93. The van der Waals surface area contributed by atoms with Crippen LogP contribution in [0.2, 0.25) is 0 Å². The van der Waals surface area contributed by atoms with Gasteiger partial charge in [-0.3, -0.25) is 0 Å². The molecule has 104 valence electrons. The zero-order valence-electron chi connectivity index (χ0n) is 10.8. The van der Waals surface area contributed by atoms with Gasteiger partial charge in [0.15, 0.2) is 0 Å². The van der Waals surface area contributed by atoms with Crippen molar-refractivity contribution >= 4 is 6.98 Å². The molecule has 0 aliphatic carbocycles. The van der Waals surface area contributed by atoms with Crippen molar-refractivity contribution in [2.75, 3.05) is 6.54 Å². The van der Waals surface area contributed by atoms with Gasteiger partial charge >= 0.3 is 6.98 Å². The average molecular weight is 270 g/mol. The number of halogens is 3. The lowest BCUT2D eigenvalue weighted by Gasteiger charge is -2.39. The molecule has 0 bridgehead atoms. The van der Waals surface area contributed by atoms with Gasteiger partial charge in [-0.25, -0.2) is 0 Å². The molecule has 0 heterocycles. The minimum atomic E-state index is -4.98. The molecule has 0 fully saturated rings. The fraction of sp³-hybridized carbons (Fsp3) is 0.500. The maximum Gasteiger partial charge on any atom is 0.488 e. The first-order valence-electron chi connectivity index (χ1n) is 6.17. The van der Waals surface area contributed by atoms with Gasteiger partial charge in [0.2, 0.25) is 0 Å².